The molecule has 0 heterocycles. The van der Waals surface area contributed by atoms with Gasteiger partial charge in [-0.15, -0.1) is 0 Å². The van der Waals surface area contributed by atoms with Crippen molar-refractivity contribution in [2.24, 2.45) is 5.73 Å². The molecule has 0 rings (SSSR count). The molecule has 0 spiro atoms. The minimum Gasteiger partial charge on any atom is -0.348 e. The molecular weight excluding hydrogens is 205 g/mol. The third-order valence-electron chi connectivity index (χ3n) is 0.588. The molecule has 0 aromatic carbocycles. The van der Waals surface area contributed by atoms with E-state index >= 15 is 0 Å². The Morgan fingerprint density at radius 2 is 2.00 bits per heavy atom. The van der Waals surface area contributed by atoms with Gasteiger partial charge in [-0.25, -0.2) is 0 Å². The maximum Gasteiger partial charge on any atom is 0.177 e. The highest BCUT2D eigenvalue weighted by Crippen LogP contribution is 1.89. The summed E-state index contributed by atoms with van der Waals surface area (Å²) in [5.41, 5.74) is 5.19. The average molecular weight is 218 g/mol. The first-order chi connectivity index (χ1) is 4.33. The van der Waals surface area contributed by atoms with Crippen LogP contribution in [0.15, 0.2) is 0 Å². The lowest BCUT2D eigenvalue weighted by Gasteiger charge is -1.85. The van der Waals surface area contributed by atoms with Crippen molar-refractivity contribution in [3.8, 4) is 0 Å². The number of hydrogen-bond donors (Lipinski definition) is 2. The van der Waals surface area contributed by atoms with Gasteiger partial charge in [0.15, 0.2) is 8.69 Å². The van der Waals surface area contributed by atoms with Gasteiger partial charge in [0, 0.05) is 5.33 Å². The van der Waals surface area contributed by atoms with Crippen molar-refractivity contribution >= 4 is 24.6 Å². The van der Waals surface area contributed by atoms with E-state index < -0.39 is 8.69 Å². The molecule has 0 aliphatic heterocycles. The quantitative estimate of drug-likeness (QED) is 0.417. The van der Waals surface area contributed by atoms with Crippen LogP contribution >= 0.6 is 24.6 Å². The zero-order chi connectivity index (χ0) is 7.54. The Morgan fingerprint density at radius 3 is 2.11 bits per heavy atom. The molecule has 3 nitrogen and oxygen atoms in total. The van der Waals surface area contributed by atoms with Crippen molar-refractivity contribution in [1.82, 2.24) is 0 Å². The van der Waals surface area contributed by atoms with Crippen LogP contribution in [0.2, 0.25) is 0 Å². The Labute approximate surface area is 65.0 Å². The summed E-state index contributed by atoms with van der Waals surface area (Å²) in [6, 6.07) is 0. The van der Waals surface area contributed by atoms with E-state index in [1.165, 1.54) is 6.42 Å². The van der Waals surface area contributed by atoms with Gasteiger partial charge in [0.2, 0.25) is 0 Å². The molecule has 0 aromatic heterocycles. The van der Waals surface area contributed by atoms with Crippen molar-refractivity contribution in [3.63, 3.8) is 0 Å². The lowest BCUT2D eigenvalue weighted by atomic mass is 10.3. The second-order valence-corrected chi connectivity index (χ2v) is 2.29. The van der Waals surface area contributed by atoms with Gasteiger partial charge >= 0.3 is 0 Å². The van der Waals surface area contributed by atoms with Crippen LogP contribution in [0.25, 0.3) is 0 Å². The summed E-state index contributed by atoms with van der Waals surface area (Å²) in [4.78, 5) is 7.10. The van der Waals surface area contributed by atoms with Gasteiger partial charge in [0.25, 0.3) is 0 Å². The summed E-state index contributed by atoms with van der Waals surface area (Å²) in [6.45, 7) is 0.825. The molecule has 0 bridgehead atoms. The lowest BCUT2D eigenvalue weighted by Crippen LogP contribution is -1.97. The molecule has 1 unspecified atom stereocenters. The lowest BCUT2D eigenvalue weighted by molar-refractivity contribution is 0.524. The summed E-state index contributed by atoms with van der Waals surface area (Å²) < 4.78 is 8.57. The highest BCUT2D eigenvalue weighted by Gasteiger charge is 1.76. The zero-order valence-electron chi connectivity index (χ0n) is 5.22. The van der Waals surface area contributed by atoms with E-state index in [2.05, 4.69) is 15.9 Å². The van der Waals surface area contributed by atoms with Crippen molar-refractivity contribution < 1.29 is 9.46 Å². The average Bonchev–Trinajstić information content (AvgIpc) is 1.86. The Balaban J connectivity index is 0. The van der Waals surface area contributed by atoms with Crippen LogP contribution in [0.5, 0.6) is 0 Å². The molecule has 0 amide bonds. The van der Waals surface area contributed by atoms with Crippen LogP contribution in [-0.4, -0.2) is 16.8 Å². The Morgan fingerprint density at radius 1 is 1.56 bits per heavy atom. The van der Waals surface area contributed by atoms with Crippen LogP contribution in [0.4, 0.5) is 0 Å². The molecule has 58 valence electrons. The van der Waals surface area contributed by atoms with Crippen molar-refractivity contribution in [1.29, 1.82) is 0 Å². The normalized spacial score (nSPS) is 9.22. The number of rotatable bonds is 3. The molecule has 0 aliphatic carbocycles. The van der Waals surface area contributed by atoms with Gasteiger partial charge in [0.05, 0.1) is 0 Å². The maximum atomic E-state index is 8.57. The SMILES string of the molecule is NCCCCBr.O=[PH2]O. The van der Waals surface area contributed by atoms with Crippen LogP contribution in [0, 0.1) is 0 Å². The van der Waals surface area contributed by atoms with Gasteiger partial charge in [-0.3, -0.25) is 4.57 Å². The second-order valence-electron chi connectivity index (χ2n) is 1.29. The molecule has 0 radical (unpaired) electrons. The van der Waals surface area contributed by atoms with Crippen LogP contribution in [0.3, 0.4) is 0 Å². The van der Waals surface area contributed by atoms with E-state index in [0.29, 0.717) is 0 Å². The smallest absolute Gasteiger partial charge is 0.177 e. The molecule has 0 fully saturated rings. The van der Waals surface area contributed by atoms with Gasteiger partial charge in [0.1, 0.15) is 0 Å². The summed E-state index contributed by atoms with van der Waals surface area (Å²) in [6.07, 6.45) is 2.35. The molecule has 1 atom stereocenters. The number of alkyl halides is 1. The zero-order valence-corrected chi connectivity index (χ0v) is 7.96. The largest absolute Gasteiger partial charge is 0.348 e. The van der Waals surface area contributed by atoms with E-state index in [9.17, 15) is 0 Å². The van der Waals surface area contributed by atoms with Gasteiger partial charge in [-0.05, 0) is 19.4 Å². The monoisotopic (exact) mass is 217 g/mol. The molecular formula is C4H13BrNO2P. The molecule has 0 saturated heterocycles. The summed E-state index contributed by atoms with van der Waals surface area (Å²) in [5, 5.41) is 1.09. The number of nitrogens with two attached hydrogens (primary N) is 1. The summed E-state index contributed by atoms with van der Waals surface area (Å²) in [7, 11) is -1.50. The first-order valence-electron chi connectivity index (χ1n) is 2.67. The first-order valence-corrected chi connectivity index (χ1v) is 4.78. The first kappa shape index (κ1) is 12.3. The van der Waals surface area contributed by atoms with Crippen molar-refractivity contribution in [3.05, 3.63) is 0 Å². The van der Waals surface area contributed by atoms with Gasteiger partial charge < -0.3 is 10.6 Å². The molecule has 5 heteroatoms. The van der Waals surface area contributed by atoms with Gasteiger partial charge in [-0.1, -0.05) is 15.9 Å². The number of hydrogen-bond acceptors (Lipinski definition) is 2. The van der Waals surface area contributed by atoms with E-state index in [1.807, 2.05) is 0 Å². The van der Waals surface area contributed by atoms with E-state index in [4.69, 9.17) is 15.2 Å². The molecule has 3 N–H and O–H groups in total. The van der Waals surface area contributed by atoms with Crippen LogP contribution in [0.1, 0.15) is 12.8 Å². The minimum atomic E-state index is -1.50. The highest BCUT2D eigenvalue weighted by molar-refractivity contribution is 9.09. The van der Waals surface area contributed by atoms with Crippen LogP contribution < -0.4 is 5.73 Å². The summed E-state index contributed by atoms with van der Waals surface area (Å²) >= 11 is 3.29. The fourth-order valence-corrected chi connectivity index (χ4v) is 0.635. The topological polar surface area (TPSA) is 63.3 Å². The number of unbranched alkanes of at least 4 members (excludes halogenated alkanes) is 1. The Bertz CT molecular complexity index is 51.8. The molecule has 0 saturated carbocycles. The highest BCUT2D eigenvalue weighted by atomic mass is 79.9. The molecule has 9 heavy (non-hydrogen) atoms. The Hall–Kier alpha value is 0.630. The maximum absolute atomic E-state index is 8.57. The van der Waals surface area contributed by atoms with Crippen molar-refractivity contribution in [2.75, 3.05) is 11.9 Å². The predicted octanol–water partition coefficient (Wildman–Crippen LogP) is 0.770. The van der Waals surface area contributed by atoms with E-state index in [-0.39, 0.29) is 0 Å². The second kappa shape index (κ2) is 15.9. The molecule has 0 aromatic rings. The standard InChI is InChI=1S/C4H10BrN.H3O2P/c5-3-1-2-4-6;1-3-2/h1-4,6H2;3H2,(H,1,2). The summed E-state index contributed by atoms with van der Waals surface area (Å²) in [5.74, 6) is 0. The minimum absolute atomic E-state index is 0.825. The van der Waals surface area contributed by atoms with E-state index in [1.54, 1.807) is 0 Å². The third kappa shape index (κ3) is 28.8. The fourth-order valence-electron chi connectivity index (χ4n) is 0.239. The van der Waals surface area contributed by atoms with Crippen LogP contribution in [-0.2, 0) is 4.57 Å². The predicted molar refractivity (Wildman–Crippen MR) is 44.7 cm³/mol. The van der Waals surface area contributed by atoms with Gasteiger partial charge in [-0.2, -0.15) is 0 Å². The van der Waals surface area contributed by atoms with Crippen molar-refractivity contribution in [2.45, 2.75) is 12.8 Å². The Kier molecular flexibility index (Phi) is 21.7. The third-order valence-corrected chi connectivity index (χ3v) is 1.15. The molecule has 0 aliphatic rings. The number of halogens is 1. The fraction of sp³-hybridized carbons (Fsp3) is 1.00. The van der Waals surface area contributed by atoms with E-state index in [0.717, 1.165) is 18.3 Å².